The van der Waals surface area contributed by atoms with Gasteiger partial charge in [-0.25, -0.2) is 8.78 Å². The van der Waals surface area contributed by atoms with Gasteiger partial charge in [0.25, 0.3) is 0 Å². The average Bonchev–Trinajstić information content (AvgIpc) is 2.48. The molecule has 1 fully saturated rings. The Bertz CT molecular complexity index is 680. The van der Waals surface area contributed by atoms with Gasteiger partial charge in [0.15, 0.2) is 5.72 Å². The Hall–Kier alpha value is -2.27. The standard InChI is InChI=1S/C17H15F2NO2/c18-14-6-7-15(19)13(8-14)9-17(10-16(21)20-17)22-11-12-4-2-1-3-5-12/h1-8H,9-11H2,(H,20,21)/t17-/m1/s1. The molecule has 2 aromatic rings. The Labute approximate surface area is 126 Å². The van der Waals surface area contributed by atoms with E-state index in [9.17, 15) is 13.6 Å². The van der Waals surface area contributed by atoms with Gasteiger partial charge in [0.05, 0.1) is 13.0 Å². The van der Waals surface area contributed by atoms with Gasteiger partial charge >= 0.3 is 0 Å². The van der Waals surface area contributed by atoms with Gasteiger partial charge in [-0.15, -0.1) is 0 Å². The number of halogens is 2. The molecule has 1 heterocycles. The van der Waals surface area contributed by atoms with Crippen LogP contribution < -0.4 is 5.32 Å². The van der Waals surface area contributed by atoms with Crippen molar-refractivity contribution in [1.29, 1.82) is 0 Å². The number of ether oxygens (including phenoxy) is 1. The lowest BCUT2D eigenvalue weighted by atomic mass is 9.92. The molecule has 0 bridgehead atoms. The van der Waals surface area contributed by atoms with Crippen molar-refractivity contribution < 1.29 is 18.3 Å². The first kappa shape index (κ1) is 14.7. The zero-order valence-corrected chi connectivity index (χ0v) is 11.8. The van der Waals surface area contributed by atoms with Crippen LogP contribution in [0.2, 0.25) is 0 Å². The van der Waals surface area contributed by atoms with E-state index >= 15 is 0 Å². The highest BCUT2D eigenvalue weighted by Crippen LogP contribution is 2.29. The van der Waals surface area contributed by atoms with Gasteiger partial charge < -0.3 is 10.1 Å². The quantitative estimate of drug-likeness (QED) is 0.863. The van der Waals surface area contributed by atoms with Crippen molar-refractivity contribution in [2.75, 3.05) is 0 Å². The van der Waals surface area contributed by atoms with Gasteiger partial charge in [0, 0.05) is 6.42 Å². The number of β-lactam (4-membered cyclic amide) rings is 1. The molecule has 2 aromatic carbocycles. The summed E-state index contributed by atoms with van der Waals surface area (Å²) >= 11 is 0. The van der Waals surface area contributed by atoms with E-state index < -0.39 is 17.4 Å². The maximum Gasteiger partial charge on any atom is 0.227 e. The summed E-state index contributed by atoms with van der Waals surface area (Å²) in [6, 6.07) is 12.7. The molecular formula is C17H15F2NO2. The largest absolute Gasteiger partial charge is 0.350 e. The molecule has 3 rings (SSSR count). The van der Waals surface area contributed by atoms with E-state index in [0.717, 1.165) is 23.8 Å². The van der Waals surface area contributed by atoms with Crippen molar-refractivity contribution >= 4 is 5.91 Å². The lowest BCUT2D eigenvalue weighted by Crippen LogP contribution is -2.63. The van der Waals surface area contributed by atoms with Crippen molar-refractivity contribution in [2.24, 2.45) is 0 Å². The number of nitrogens with one attached hydrogen (secondary N) is 1. The van der Waals surface area contributed by atoms with E-state index in [4.69, 9.17) is 4.74 Å². The third kappa shape index (κ3) is 3.14. The highest BCUT2D eigenvalue weighted by molar-refractivity contribution is 5.84. The van der Waals surface area contributed by atoms with Crippen molar-refractivity contribution in [3.63, 3.8) is 0 Å². The lowest BCUT2D eigenvalue weighted by Gasteiger charge is -2.42. The van der Waals surface area contributed by atoms with Crippen LogP contribution in [0.15, 0.2) is 48.5 Å². The minimum Gasteiger partial charge on any atom is -0.350 e. The molecular weight excluding hydrogens is 288 g/mol. The summed E-state index contributed by atoms with van der Waals surface area (Å²) in [6.45, 7) is 0.290. The fourth-order valence-electron chi connectivity index (χ4n) is 2.52. The van der Waals surface area contributed by atoms with Gasteiger partial charge in [0.1, 0.15) is 11.6 Å². The Kier molecular flexibility index (Phi) is 3.90. The van der Waals surface area contributed by atoms with Crippen LogP contribution in [0.25, 0.3) is 0 Å². The van der Waals surface area contributed by atoms with Crippen LogP contribution >= 0.6 is 0 Å². The van der Waals surface area contributed by atoms with E-state index in [0.29, 0.717) is 0 Å². The summed E-state index contributed by atoms with van der Waals surface area (Å²) in [5, 5.41) is 2.67. The van der Waals surface area contributed by atoms with Crippen LogP contribution in [-0.4, -0.2) is 11.6 Å². The van der Waals surface area contributed by atoms with Crippen LogP contribution in [0.3, 0.4) is 0 Å². The van der Waals surface area contributed by atoms with E-state index in [1.54, 1.807) is 0 Å². The van der Waals surface area contributed by atoms with E-state index in [2.05, 4.69) is 5.32 Å². The van der Waals surface area contributed by atoms with Crippen LogP contribution in [0.4, 0.5) is 8.78 Å². The van der Waals surface area contributed by atoms with Crippen LogP contribution in [0.1, 0.15) is 17.5 Å². The van der Waals surface area contributed by atoms with Gasteiger partial charge in [0.2, 0.25) is 5.91 Å². The van der Waals surface area contributed by atoms with Crippen molar-refractivity contribution in [3.05, 3.63) is 71.3 Å². The number of rotatable bonds is 5. The second-order valence-electron chi connectivity index (χ2n) is 5.41. The van der Waals surface area contributed by atoms with Gasteiger partial charge in [-0.1, -0.05) is 30.3 Å². The molecule has 0 unspecified atom stereocenters. The number of hydrogen-bond acceptors (Lipinski definition) is 2. The molecule has 1 aliphatic rings. The average molecular weight is 303 g/mol. The highest BCUT2D eigenvalue weighted by atomic mass is 19.1. The maximum absolute atomic E-state index is 13.8. The molecule has 3 nitrogen and oxygen atoms in total. The SMILES string of the molecule is O=C1C[C@@](Cc2cc(F)ccc2F)(OCc2ccccc2)N1. The molecule has 1 amide bonds. The number of benzene rings is 2. The summed E-state index contributed by atoms with van der Waals surface area (Å²) in [6.07, 6.45) is 0.227. The third-order valence-electron chi connectivity index (χ3n) is 3.66. The van der Waals surface area contributed by atoms with Gasteiger partial charge in [-0.3, -0.25) is 4.79 Å². The van der Waals surface area contributed by atoms with Crippen LogP contribution in [0.5, 0.6) is 0 Å². The Morgan fingerprint density at radius 3 is 2.55 bits per heavy atom. The second kappa shape index (κ2) is 5.85. The van der Waals surface area contributed by atoms with Crippen LogP contribution in [0, 0.1) is 11.6 Å². The van der Waals surface area contributed by atoms with Crippen molar-refractivity contribution in [3.8, 4) is 0 Å². The first-order chi connectivity index (χ1) is 10.6. The molecule has 1 saturated heterocycles. The van der Waals surface area contributed by atoms with Gasteiger partial charge in [-0.2, -0.15) is 0 Å². The Morgan fingerprint density at radius 1 is 1.14 bits per heavy atom. The highest BCUT2D eigenvalue weighted by Gasteiger charge is 2.44. The molecule has 1 aliphatic heterocycles. The minimum atomic E-state index is -0.971. The van der Waals surface area contributed by atoms with E-state index in [1.807, 2.05) is 30.3 Å². The summed E-state index contributed by atoms with van der Waals surface area (Å²) in [5.41, 5.74) is 0.164. The number of amides is 1. The fourth-order valence-corrected chi connectivity index (χ4v) is 2.52. The van der Waals surface area contributed by atoms with Crippen molar-refractivity contribution in [1.82, 2.24) is 5.32 Å². The van der Waals surface area contributed by atoms with Crippen molar-refractivity contribution in [2.45, 2.75) is 25.2 Å². The van der Waals surface area contributed by atoms with E-state index in [1.165, 1.54) is 0 Å². The molecule has 0 radical (unpaired) electrons. The Balaban J connectivity index is 1.74. The first-order valence-corrected chi connectivity index (χ1v) is 6.99. The normalized spacial score (nSPS) is 20.4. The zero-order chi connectivity index (χ0) is 15.6. The number of hydrogen-bond donors (Lipinski definition) is 1. The molecule has 0 saturated carbocycles. The summed E-state index contributed by atoms with van der Waals surface area (Å²) in [7, 11) is 0. The number of carbonyl (C=O) groups excluding carboxylic acids is 1. The molecule has 0 aromatic heterocycles. The zero-order valence-electron chi connectivity index (χ0n) is 11.8. The van der Waals surface area contributed by atoms with Gasteiger partial charge in [-0.05, 0) is 29.3 Å². The molecule has 1 atom stereocenters. The topological polar surface area (TPSA) is 38.3 Å². The molecule has 114 valence electrons. The predicted octanol–water partition coefficient (Wildman–Crippen LogP) is 2.94. The number of carbonyl (C=O) groups is 1. The second-order valence-corrected chi connectivity index (χ2v) is 5.41. The Morgan fingerprint density at radius 2 is 1.86 bits per heavy atom. The molecule has 5 heteroatoms. The smallest absolute Gasteiger partial charge is 0.227 e. The molecule has 22 heavy (non-hydrogen) atoms. The summed E-state index contributed by atoms with van der Waals surface area (Å²) < 4.78 is 32.9. The third-order valence-corrected chi connectivity index (χ3v) is 3.66. The monoisotopic (exact) mass is 303 g/mol. The maximum atomic E-state index is 13.8. The fraction of sp³-hybridized carbons (Fsp3) is 0.235. The lowest BCUT2D eigenvalue weighted by molar-refractivity contribution is -0.167. The van der Waals surface area contributed by atoms with E-state index in [-0.39, 0.29) is 30.9 Å². The van der Waals surface area contributed by atoms with Crippen LogP contribution in [-0.2, 0) is 22.6 Å². The minimum absolute atomic E-state index is 0.0924. The molecule has 0 aliphatic carbocycles. The first-order valence-electron chi connectivity index (χ1n) is 6.99. The molecule has 1 N–H and O–H groups in total. The summed E-state index contributed by atoms with van der Waals surface area (Å²) in [5.74, 6) is -1.18. The summed E-state index contributed by atoms with van der Waals surface area (Å²) in [4.78, 5) is 11.3. The molecule has 0 spiro atoms. The predicted molar refractivity (Wildman–Crippen MR) is 76.8 cm³/mol.